The molecule has 0 radical (unpaired) electrons. The van der Waals surface area contributed by atoms with Gasteiger partial charge in [0.25, 0.3) is 0 Å². The first-order chi connectivity index (χ1) is 8.29. The van der Waals surface area contributed by atoms with Gasteiger partial charge in [0.1, 0.15) is 11.9 Å². The largest absolute Gasteiger partial charge is 0.488 e. The summed E-state index contributed by atoms with van der Waals surface area (Å²) in [5.74, 6) is 0.974. The zero-order valence-electron chi connectivity index (χ0n) is 10.6. The molecule has 1 unspecified atom stereocenters. The summed E-state index contributed by atoms with van der Waals surface area (Å²) in [6, 6.07) is 10.6. The lowest BCUT2D eigenvalue weighted by Crippen LogP contribution is -2.57. The van der Waals surface area contributed by atoms with Crippen LogP contribution in [0, 0.1) is 0 Å². The monoisotopic (exact) mass is 235 g/mol. The second-order valence-electron chi connectivity index (χ2n) is 4.64. The van der Waals surface area contributed by atoms with Crippen molar-refractivity contribution in [1.82, 2.24) is 4.90 Å². The smallest absolute Gasteiger partial charge is 0.124 e. The van der Waals surface area contributed by atoms with E-state index in [4.69, 9.17) is 9.47 Å². The van der Waals surface area contributed by atoms with Crippen molar-refractivity contribution < 1.29 is 9.47 Å². The number of likely N-dealkylation sites (tertiary alicyclic amines) is 1. The molecule has 3 nitrogen and oxygen atoms in total. The van der Waals surface area contributed by atoms with Gasteiger partial charge in [-0.2, -0.15) is 0 Å². The molecule has 1 saturated heterocycles. The van der Waals surface area contributed by atoms with Crippen LogP contribution < -0.4 is 4.74 Å². The fraction of sp³-hybridized carbons (Fsp3) is 0.571. The van der Waals surface area contributed by atoms with Crippen LogP contribution in [0.3, 0.4) is 0 Å². The third-order valence-corrected chi connectivity index (χ3v) is 3.29. The van der Waals surface area contributed by atoms with Crippen molar-refractivity contribution in [3.8, 4) is 5.75 Å². The van der Waals surface area contributed by atoms with E-state index in [1.165, 1.54) is 0 Å². The van der Waals surface area contributed by atoms with Crippen molar-refractivity contribution in [1.29, 1.82) is 0 Å². The quantitative estimate of drug-likeness (QED) is 0.754. The van der Waals surface area contributed by atoms with Gasteiger partial charge in [-0.3, -0.25) is 4.90 Å². The molecule has 3 heteroatoms. The minimum absolute atomic E-state index is 0.349. The first kappa shape index (κ1) is 12.4. The molecule has 0 aromatic heterocycles. The molecular weight excluding hydrogens is 214 g/mol. The van der Waals surface area contributed by atoms with Crippen molar-refractivity contribution in [2.75, 3.05) is 26.8 Å². The number of methoxy groups -OCH3 is 1. The normalized spacial score (nSPS) is 18.7. The fourth-order valence-corrected chi connectivity index (χ4v) is 2.07. The average molecular weight is 235 g/mol. The Hall–Kier alpha value is -1.06. The molecule has 0 saturated carbocycles. The van der Waals surface area contributed by atoms with E-state index in [0.717, 1.165) is 31.9 Å². The van der Waals surface area contributed by atoms with Crippen LogP contribution in [0.25, 0.3) is 0 Å². The van der Waals surface area contributed by atoms with Crippen LogP contribution in [0.1, 0.15) is 13.3 Å². The van der Waals surface area contributed by atoms with Gasteiger partial charge in [-0.15, -0.1) is 0 Å². The maximum Gasteiger partial charge on any atom is 0.124 e. The zero-order valence-corrected chi connectivity index (χ0v) is 10.6. The fourth-order valence-electron chi connectivity index (χ4n) is 2.07. The number of rotatable bonds is 6. The van der Waals surface area contributed by atoms with Crippen molar-refractivity contribution in [3.05, 3.63) is 30.3 Å². The standard InChI is InChI=1S/C14H21NO2/c1-12(8-9-16-2)15-10-14(11-15)17-13-6-4-3-5-7-13/h3-7,12,14H,8-11H2,1-2H3. The van der Waals surface area contributed by atoms with Crippen LogP contribution in [-0.2, 0) is 4.74 Å². The lowest BCUT2D eigenvalue weighted by molar-refractivity contribution is -0.0118. The molecule has 2 rings (SSSR count). The number of benzene rings is 1. The lowest BCUT2D eigenvalue weighted by atomic mass is 10.1. The van der Waals surface area contributed by atoms with E-state index in [-0.39, 0.29) is 0 Å². The molecule has 0 aliphatic carbocycles. The number of hydrogen-bond donors (Lipinski definition) is 0. The summed E-state index contributed by atoms with van der Waals surface area (Å²) in [5.41, 5.74) is 0. The summed E-state index contributed by atoms with van der Waals surface area (Å²) in [6.07, 6.45) is 1.44. The zero-order chi connectivity index (χ0) is 12.1. The van der Waals surface area contributed by atoms with E-state index in [2.05, 4.69) is 11.8 Å². The average Bonchev–Trinajstić information content (AvgIpc) is 2.31. The van der Waals surface area contributed by atoms with E-state index < -0.39 is 0 Å². The van der Waals surface area contributed by atoms with Gasteiger partial charge >= 0.3 is 0 Å². The van der Waals surface area contributed by atoms with Crippen LogP contribution in [0.4, 0.5) is 0 Å². The van der Waals surface area contributed by atoms with Gasteiger partial charge in [0, 0.05) is 32.8 Å². The highest BCUT2D eigenvalue weighted by molar-refractivity contribution is 5.21. The van der Waals surface area contributed by atoms with E-state index in [9.17, 15) is 0 Å². The Kier molecular flexibility index (Phi) is 4.40. The van der Waals surface area contributed by atoms with Gasteiger partial charge in [0.15, 0.2) is 0 Å². The Bertz CT molecular complexity index is 322. The maximum absolute atomic E-state index is 5.86. The molecule has 0 amide bonds. The molecule has 1 aliphatic rings. The van der Waals surface area contributed by atoms with E-state index in [1.807, 2.05) is 30.3 Å². The van der Waals surface area contributed by atoms with E-state index in [1.54, 1.807) is 7.11 Å². The number of para-hydroxylation sites is 1. The van der Waals surface area contributed by atoms with Crippen LogP contribution >= 0.6 is 0 Å². The number of nitrogens with zero attached hydrogens (tertiary/aromatic N) is 1. The van der Waals surface area contributed by atoms with Crippen LogP contribution in [0.2, 0.25) is 0 Å². The minimum Gasteiger partial charge on any atom is -0.488 e. The van der Waals surface area contributed by atoms with Gasteiger partial charge in [-0.1, -0.05) is 18.2 Å². The van der Waals surface area contributed by atoms with Crippen LogP contribution in [0.15, 0.2) is 30.3 Å². The second kappa shape index (κ2) is 6.03. The molecule has 0 bridgehead atoms. The molecule has 1 aromatic carbocycles. The SMILES string of the molecule is COCCC(C)N1CC(Oc2ccccc2)C1. The minimum atomic E-state index is 0.349. The summed E-state index contributed by atoms with van der Waals surface area (Å²) in [6.45, 7) is 5.14. The number of hydrogen-bond acceptors (Lipinski definition) is 3. The van der Waals surface area contributed by atoms with E-state index >= 15 is 0 Å². The molecule has 1 aliphatic heterocycles. The summed E-state index contributed by atoms with van der Waals surface area (Å²) in [7, 11) is 1.75. The van der Waals surface area contributed by atoms with E-state index in [0.29, 0.717) is 12.1 Å². The summed E-state index contributed by atoms with van der Waals surface area (Å²) in [5, 5.41) is 0. The summed E-state index contributed by atoms with van der Waals surface area (Å²) in [4.78, 5) is 2.44. The second-order valence-corrected chi connectivity index (χ2v) is 4.64. The Morgan fingerprint density at radius 3 is 2.65 bits per heavy atom. The number of ether oxygens (including phenoxy) is 2. The highest BCUT2D eigenvalue weighted by Crippen LogP contribution is 2.20. The molecule has 1 aromatic rings. The Morgan fingerprint density at radius 2 is 2.00 bits per heavy atom. The molecule has 17 heavy (non-hydrogen) atoms. The van der Waals surface area contributed by atoms with Gasteiger partial charge < -0.3 is 9.47 Å². The third-order valence-electron chi connectivity index (χ3n) is 3.29. The maximum atomic E-state index is 5.86. The van der Waals surface area contributed by atoms with Gasteiger partial charge in [0.05, 0.1) is 0 Å². The van der Waals surface area contributed by atoms with Gasteiger partial charge in [0.2, 0.25) is 0 Å². The van der Waals surface area contributed by atoms with Crippen molar-refractivity contribution in [2.45, 2.75) is 25.5 Å². The van der Waals surface area contributed by atoms with Gasteiger partial charge in [-0.05, 0) is 25.5 Å². The summed E-state index contributed by atoms with van der Waals surface area (Å²) >= 11 is 0. The molecule has 1 atom stereocenters. The summed E-state index contributed by atoms with van der Waals surface area (Å²) < 4.78 is 11.0. The highest BCUT2D eigenvalue weighted by atomic mass is 16.5. The highest BCUT2D eigenvalue weighted by Gasteiger charge is 2.31. The predicted octanol–water partition coefficient (Wildman–Crippen LogP) is 2.17. The predicted molar refractivity (Wildman–Crippen MR) is 68.4 cm³/mol. The van der Waals surface area contributed by atoms with Gasteiger partial charge in [-0.25, -0.2) is 0 Å². The van der Waals surface area contributed by atoms with Crippen molar-refractivity contribution in [3.63, 3.8) is 0 Å². The van der Waals surface area contributed by atoms with Crippen LogP contribution in [0.5, 0.6) is 5.75 Å². The van der Waals surface area contributed by atoms with Crippen LogP contribution in [-0.4, -0.2) is 43.9 Å². The molecule has 94 valence electrons. The molecule has 1 heterocycles. The Morgan fingerprint density at radius 1 is 1.29 bits per heavy atom. The van der Waals surface area contributed by atoms with Crippen molar-refractivity contribution >= 4 is 0 Å². The first-order valence-corrected chi connectivity index (χ1v) is 6.24. The molecule has 0 N–H and O–H groups in total. The third kappa shape index (κ3) is 3.45. The lowest BCUT2D eigenvalue weighted by Gasteiger charge is -2.42. The Labute approximate surface area is 103 Å². The molecule has 0 spiro atoms. The topological polar surface area (TPSA) is 21.7 Å². The molecular formula is C14H21NO2. The first-order valence-electron chi connectivity index (χ1n) is 6.24. The Balaban J connectivity index is 1.69. The van der Waals surface area contributed by atoms with Crippen molar-refractivity contribution in [2.24, 2.45) is 0 Å². The molecule has 1 fully saturated rings.